The molecule has 0 bridgehead atoms. The Morgan fingerprint density at radius 3 is 2.65 bits per heavy atom. The van der Waals surface area contributed by atoms with Crippen LogP contribution in [0.3, 0.4) is 0 Å². The molecule has 0 saturated carbocycles. The molecule has 2 rings (SSSR count). The maximum absolute atomic E-state index is 12.0. The Hall–Kier alpha value is -2.80. The third-order valence-electron chi connectivity index (χ3n) is 3.77. The van der Waals surface area contributed by atoms with Crippen LogP contribution in [0, 0.1) is 25.2 Å². The van der Waals surface area contributed by atoms with E-state index < -0.39 is 0 Å². The molecule has 0 spiro atoms. The van der Waals surface area contributed by atoms with Crippen molar-refractivity contribution in [3.63, 3.8) is 0 Å². The van der Waals surface area contributed by atoms with Crippen LogP contribution in [0.15, 0.2) is 42.5 Å². The van der Waals surface area contributed by atoms with Crippen LogP contribution in [0.25, 0.3) is 0 Å². The molecule has 0 aliphatic rings. The van der Waals surface area contributed by atoms with E-state index in [0.717, 1.165) is 5.56 Å². The predicted octanol–water partition coefficient (Wildman–Crippen LogP) is 3.43. The molecule has 4 nitrogen and oxygen atoms in total. The number of para-hydroxylation sites is 1. The molecule has 2 aromatic carbocycles. The standard InChI is InChI=1S/C19H20N2O2/c1-13-8-9-16(10-14(13)2)15(3)21-19(22)12-23-18-7-5-4-6-17(18)11-20/h4-10,15H,12H2,1-3H3,(H,21,22). The second-order valence-corrected chi connectivity index (χ2v) is 5.53. The topological polar surface area (TPSA) is 62.1 Å². The fraction of sp³-hybridized carbons (Fsp3) is 0.263. The van der Waals surface area contributed by atoms with Crippen LogP contribution >= 0.6 is 0 Å². The van der Waals surface area contributed by atoms with E-state index in [1.54, 1.807) is 24.3 Å². The molecule has 2 aromatic rings. The smallest absolute Gasteiger partial charge is 0.258 e. The lowest BCUT2D eigenvalue weighted by molar-refractivity contribution is -0.123. The first-order chi connectivity index (χ1) is 11.0. The molecule has 118 valence electrons. The molecular formula is C19H20N2O2. The summed E-state index contributed by atoms with van der Waals surface area (Å²) >= 11 is 0. The molecule has 0 saturated heterocycles. The monoisotopic (exact) mass is 308 g/mol. The number of nitrogens with zero attached hydrogens (tertiary/aromatic N) is 1. The maximum Gasteiger partial charge on any atom is 0.258 e. The maximum atomic E-state index is 12.0. The Kier molecular flexibility index (Phi) is 5.37. The third-order valence-corrected chi connectivity index (χ3v) is 3.77. The molecule has 4 heteroatoms. The number of carbonyl (C=O) groups excluding carboxylic acids is 1. The van der Waals surface area contributed by atoms with Gasteiger partial charge in [-0.2, -0.15) is 5.26 Å². The van der Waals surface area contributed by atoms with Crippen molar-refractivity contribution in [3.8, 4) is 11.8 Å². The van der Waals surface area contributed by atoms with Gasteiger partial charge in [0.1, 0.15) is 11.8 Å². The molecule has 1 amide bonds. The van der Waals surface area contributed by atoms with Crippen molar-refractivity contribution in [3.05, 3.63) is 64.7 Å². The van der Waals surface area contributed by atoms with Gasteiger partial charge in [-0.3, -0.25) is 4.79 Å². The molecular weight excluding hydrogens is 288 g/mol. The number of nitriles is 1. The molecule has 0 heterocycles. The van der Waals surface area contributed by atoms with Gasteiger partial charge in [0, 0.05) is 0 Å². The van der Waals surface area contributed by atoms with Gasteiger partial charge in [0.2, 0.25) is 0 Å². The molecule has 23 heavy (non-hydrogen) atoms. The first-order valence-electron chi connectivity index (χ1n) is 7.49. The van der Waals surface area contributed by atoms with Crippen molar-refractivity contribution in [1.29, 1.82) is 5.26 Å². The van der Waals surface area contributed by atoms with Crippen molar-refractivity contribution in [1.82, 2.24) is 5.32 Å². The fourth-order valence-electron chi connectivity index (χ4n) is 2.23. The first kappa shape index (κ1) is 16.6. The lowest BCUT2D eigenvalue weighted by Crippen LogP contribution is -2.31. The SMILES string of the molecule is Cc1ccc(C(C)NC(=O)COc2ccccc2C#N)cc1C. The summed E-state index contributed by atoms with van der Waals surface area (Å²) in [7, 11) is 0. The van der Waals surface area contributed by atoms with Gasteiger partial charge in [-0.1, -0.05) is 30.3 Å². The average Bonchev–Trinajstić information content (AvgIpc) is 2.55. The first-order valence-corrected chi connectivity index (χ1v) is 7.49. The van der Waals surface area contributed by atoms with Crippen molar-refractivity contribution in [2.24, 2.45) is 0 Å². The van der Waals surface area contributed by atoms with Crippen LogP contribution in [0.5, 0.6) is 5.75 Å². The molecule has 1 unspecified atom stereocenters. The van der Waals surface area contributed by atoms with Gasteiger partial charge < -0.3 is 10.1 Å². The Balaban J connectivity index is 1.94. The summed E-state index contributed by atoms with van der Waals surface area (Å²) in [4.78, 5) is 12.0. The number of nitrogens with one attached hydrogen (secondary N) is 1. The fourth-order valence-corrected chi connectivity index (χ4v) is 2.23. The summed E-state index contributed by atoms with van der Waals surface area (Å²) in [5.41, 5.74) is 3.90. The number of amides is 1. The van der Waals surface area contributed by atoms with Gasteiger partial charge in [-0.05, 0) is 49.6 Å². The van der Waals surface area contributed by atoms with Crippen LogP contribution < -0.4 is 10.1 Å². The molecule has 1 atom stereocenters. The van der Waals surface area contributed by atoms with E-state index in [2.05, 4.69) is 25.2 Å². The van der Waals surface area contributed by atoms with Gasteiger partial charge in [-0.25, -0.2) is 0 Å². The predicted molar refractivity (Wildman–Crippen MR) is 89.1 cm³/mol. The summed E-state index contributed by atoms with van der Waals surface area (Å²) in [6.07, 6.45) is 0. The molecule has 0 aromatic heterocycles. The summed E-state index contributed by atoms with van der Waals surface area (Å²) < 4.78 is 5.43. The number of carbonyl (C=O) groups is 1. The van der Waals surface area contributed by atoms with E-state index in [0.29, 0.717) is 11.3 Å². The summed E-state index contributed by atoms with van der Waals surface area (Å²) in [5, 5.41) is 11.9. The second kappa shape index (κ2) is 7.46. The van der Waals surface area contributed by atoms with E-state index >= 15 is 0 Å². The van der Waals surface area contributed by atoms with Gasteiger partial charge in [0.05, 0.1) is 11.6 Å². The number of hydrogen-bond acceptors (Lipinski definition) is 3. The van der Waals surface area contributed by atoms with Crippen LogP contribution in [-0.2, 0) is 4.79 Å². The van der Waals surface area contributed by atoms with E-state index in [1.165, 1.54) is 11.1 Å². The highest BCUT2D eigenvalue weighted by Gasteiger charge is 2.11. The van der Waals surface area contributed by atoms with Crippen molar-refractivity contribution in [2.75, 3.05) is 6.61 Å². The lowest BCUT2D eigenvalue weighted by atomic mass is 10.0. The number of rotatable bonds is 5. The summed E-state index contributed by atoms with van der Waals surface area (Å²) in [6, 6.07) is 14.9. The van der Waals surface area contributed by atoms with Gasteiger partial charge in [-0.15, -0.1) is 0 Å². The highest BCUT2D eigenvalue weighted by molar-refractivity contribution is 5.78. The number of hydrogen-bond donors (Lipinski definition) is 1. The Morgan fingerprint density at radius 2 is 1.96 bits per heavy atom. The van der Waals surface area contributed by atoms with Gasteiger partial charge in [0.15, 0.2) is 6.61 Å². The quantitative estimate of drug-likeness (QED) is 0.920. The van der Waals surface area contributed by atoms with E-state index in [9.17, 15) is 4.79 Å². The normalized spacial score (nSPS) is 11.4. The minimum atomic E-state index is -0.219. The van der Waals surface area contributed by atoms with Crippen LogP contribution in [0.4, 0.5) is 0 Å². The molecule has 1 N–H and O–H groups in total. The van der Waals surface area contributed by atoms with Crippen LogP contribution in [-0.4, -0.2) is 12.5 Å². The number of aryl methyl sites for hydroxylation is 2. The zero-order chi connectivity index (χ0) is 16.8. The van der Waals surface area contributed by atoms with Crippen molar-refractivity contribution < 1.29 is 9.53 Å². The highest BCUT2D eigenvalue weighted by atomic mass is 16.5. The average molecular weight is 308 g/mol. The Labute approximate surface area is 136 Å². The number of benzene rings is 2. The van der Waals surface area contributed by atoms with Gasteiger partial charge in [0.25, 0.3) is 5.91 Å². The van der Waals surface area contributed by atoms with E-state index in [-0.39, 0.29) is 18.6 Å². The molecule has 0 aliphatic carbocycles. The Bertz CT molecular complexity index is 747. The minimum Gasteiger partial charge on any atom is -0.482 e. The van der Waals surface area contributed by atoms with E-state index in [1.807, 2.05) is 25.1 Å². The van der Waals surface area contributed by atoms with Crippen molar-refractivity contribution >= 4 is 5.91 Å². The zero-order valence-corrected chi connectivity index (χ0v) is 13.6. The minimum absolute atomic E-state index is 0.100. The molecule has 0 radical (unpaired) electrons. The van der Waals surface area contributed by atoms with Crippen molar-refractivity contribution in [2.45, 2.75) is 26.8 Å². The Morgan fingerprint density at radius 1 is 1.22 bits per heavy atom. The van der Waals surface area contributed by atoms with Crippen LogP contribution in [0.1, 0.15) is 35.2 Å². The van der Waals surface area contributed by atoms with E-state index in [4.69, 9.17) is 10.00 Å². The lowest BCUT2D eigenvalue weighted by Gasteiger charge is -2.16. The number of ether oxygens (including phenoxy) is 1. The summed E-state index contributed by atoms with van der Waals surface area (Å²) in [5.74, 6) is 0.201. The van der Waals surface area contributed by atoms with Crippen LogP contribution in [0.2, 0.25) is 0 Å². The molecule has 0 aliphatic heterocycles. The second-order valence-electron chi connectivity index (χ2n) is 5.53. The van der Waals surface area contributed by atoms with Gasteiger partial charge >= 0.3 is 0 Å². The molecule has 0 fully saturated rings. The largest absolute Gasteiger partial charge is 0.482 e. The zero-order valence-electron chi connectivity index (χ0n) is 13.6. The third kappa shape index (κ3) is 4.33. The highest BCUT2D eigenvalue weighted by Crippen LogP contribution is 2.18. The summed E-state index contributed by atoms with van der Waals surface area (Å²) in [6.45, 7) is 5.93.